The molecule has 6 heteroatoms. The van der Waals surface area contributed by atoms with E-state index in [-0.39, 0.29) is 11.6 Å². The van der Waals surface area contributed by atoms with Gasteiger partial charge in [-0.3, -0.25) is 9.59 Å². The fourth-order valence-electron chi connectivity index (χ4n) is 6.87. The third kappa shape index (κ3) is 4.59. The molecular formula is C40H32N4O2. The summed E-state index contributed by atoms with van der Waals surface area (Å²) in [6, 6.07) is 43.6. The Morgan fingerprint density at radius 3 is 1.20 bits per heavy atom. The van der Waals surface area contributed by atoms with Crippen molar-refractivity contribution in [2.45, 2.75) is 11.8 Å². The van der Waals surface area contributed by atoms with Gasteiger partial charge in [-0.25, -0.2) is 0 Å². The number of carbonyl (C=O) groups is 2. The van der Waals surface area contributed by atoms with Crippen LogP contribution in [0.25, 0.3) is 0 Å². The van der Waals surface area contributed by atoms with Crippen LogP contribution in [0.4, 0.5) is 22.7 Å². The van der Waals surface area contributed by atoms with Gasteiger partial charge >= 0.3 is 0 Å². The van der Waals surface area contributed by atoms with Crippen LogP contribution in [-0.4, -0.2) is 11.6 Å². The largest absolute Gasteiger partial charge is 0.399 e. The molecule has 0 amide bonds. The Hall–Kier alpha value is -6.14. The van der Waals surface area contributed by atoms with E-state index in [9.17, 15) is 9.59 Å². The maximum Gasteiger partial charge on any atom is 0.194 e. The molecule has 0 fully saturated rings. The van der Waals surface area contributed by atoms with E-state index in [1.165, 1.54) is 45.5 Å². The Balaban J connectivity index is 0.000000162. The van der Waals surface area contributed by atoms with E-state index in [0.29, 0.717) is 33.6 Å². The van der Waals surface area contributed by atoms with Gasteiger partial charge in [-0.1, -0.05) is 72.8 Å². The smallest absolute Gasteiger partial charge is 0.194 e. The van der Waals surface area contributed by atoms with E-state index in [1.54, 1.807) is 24.3 Å². The highest BCUT2D eigenvalue weighted by Gasteiger charge is 2.43. The average Bonchev–Trinajstić information content (AvgIpc) is 3.07. The highest BCUT2D eigenvalue weighted by Crippen LogP contribution is 2.50. The molecule has 2 aliphatic rings. The molecule has 6 aromatic carbocycles. The van der Waals surface area contributed by atoms with Gasteiger partial charge in [0, 0.05) is 45.0 Å². The lowest BCUT2D eigenvalue weighted by Crippen LogP contribution is -2.36. The van der Waals surface area contributed by atoms with Crippen LogP contribution < -0.4 is 22.9 Å². The Labute approximate surface area is 267 Å². The van der Waals surface area contributed by atoms with Crippen LogP contribution in [0, 0.1) is 0 Å². The van der Waals surface area contributed by atoms with Crippen molar-refractivity contribution in [3.8, 4) is 0 Å². The lowest BCUT2D eigenvalue weighted by molar-refractivity contribution is 0.0979. The number of rotatable bonds is 2. The van der Waals surface area contributed by atoms with E-state index < -0.39 is 5.41 Å². The molecule has 6 aromatic rings. The normalized spacial score (nSPS) is 13.7. The predicted molar refractivity (Wildman–Crippen MR) is 185 cm³/mol. The first-order valence-corrected chi connectivity index (χ1v) is 15.0. The number of fused-ring (bicyclic) bond motifs is 4. The first-order chi connectivity index (χ1) is 22.3. The SMILES string of the molecule is Nc1ccc(C2(c3ccc(N)cc3)c3ccccc3Cc3ccccc32)cc1.Nc1ccc2c(c1)C(=O)c1ccc(N)cc1C2=O. The maximum absolute atomic E-state index is 12.3. The van der Waals surface area contributed by atoms with Gasteiger partial charge < -0.3 is 22.9 Å². The molecule has 8 rings (SSSR count). The summed E-state index contributed by atoms with van der Waals surface area (Å²) >= 11 is 0. The monoisotopic (exact) mass is 600 g/mol. The van der Waals surface area contributed by atoms with Gasteiger partial charge in [-0.05, 0) is 100 Å². The zero-order valence-corrected chi connectivity index (χ0v) is 25.0. The first-order valence-electron chi connectivity index (χ1n) is 15.0. The Morgan fingerprint density at radius 2 is 0.783 bits per heavy atom. The summed E-state index contributed by atoms with van der Waals surface area (Å²) in [5.41, 5.74) is 34.7. The van der Waals surface area contributed by atoms with Crippen molar-refractivity contribution in [2.24, 2.45) is 0 Å². The van der Waals surface area contributed by atoms with Crippen LogP contribution in [0.15, 0.2) is 133 Å². The van der Waals surface area contributed by atoms with Gasteiger partial charge in [0.1, 0.15) is 0 Å². The lowest BCUT2D eigenvalue weighted by atomic mass is 9.60. The molecule has 46 heavy (non-hydrogen) atoms. The van der Waals surface area contributed by atoms with Crippen LogP contribution in [0.3, 0.4) is 0 Å². The van der Waals surface area contributed by atoms with Crippen LogP contribution >= 0.6 is 0 Å². The molecule has 224 valence electrons. The van der Waals surface area contributed by atoms with E-state index >= 15 is 0 Å². The molecule has 0 saturated carbocycles. The van der Waals surface area contributed by atoms with E-state index in [2.05, 4.69) is 72.8 Å². The van der Waals surface area contributed by atoms with Gasteiger partial charge in [-0.2, -0.15) is 0 Å². The van der Waals surface area contributed by atoms with Gasteiger partial charge in [-0.15, -0.1) is 0 Å². The molecule has 0 bridgehead atoms. The van der Waals surface area contributed by atoms with Crippen LogP contribution in [0.5, 0.6) is 0 Å². The summed E-state index contributed by atoms with van der Waals surface area (Å²) in [5.74, 6) is -0.376. The molecule has 0 spiro atoms. The number of nitrogens with two attached hydrogens (primary N) is 4. The molecule has 0 aliphatic heterocycles. The zero-order valence-electron chi connectivity index (χ0n) is 25.0. The number of benzene rings is 6. The number of anilines is 4. The Morgan fingerprint density at radius 1 is 0.413 bits per heavy atom. The molecule has 6 nitrogen and oxygen atoms in total. The zero-order chi connectivity index (χ0) is 32.0. The average molecular weight is 601 g/mol. The van der Waals surface area contributed by atoms with Crippen LogP contribution in [0.1, 0.15) is 65.2 Å². The van der Waals surface area contributed by atoms with Crippen LogP contribution in [-0.2, 0) is 11.8 Å². The minimum atomic E-state index is -0.396. The fourth-order valence-corrected chi connectivity index (χ4v) is 6.87. The maximum atomic E-state index is 12.3. The number of hydrogen-bond acceptors (Lipinski definition) is 6. The van der Waals surface area contributed by atoms with Gasteiger partial charge in [0.05, 0.1) is 5.41 Å². The number of nitrogen functional groups attached to an aromatic ring is 4. The van der Waals surface area contributed by atoms with Crippen molar-refractivity contribution in [3.05, 3.63) is 189 Å². The highest BCUT2D eigenvalue weighted by atomic mass is 16.1. The van der Waals surface area contributed by atoms with Crippen molar-refractivity contribution < 1.29 is 9.59 Å². The predicted octanol–water partition coefficient (Wildman–Crippen LogP) is 6.76. The van der Waals surface area contributed by atoms with Crippen LogP contribution in [0.2, 0.25) is 0 Å². The number of carbonyl (C=O) groups excluding carboxylic acids is 2. The molecule has 0 saturated heterocycles. The Kier molecular flexibility index (Phi) is 6.90. The van der Waals surface area contributed by atoms with Crippen molar-refractivity contribution in [2.75, 3.05) is 22.9 Å². The quantitative estimate of drug-likeness (QED) is 0.162. The minimum Gasteiger partial charge on any atom is -0.399 e. The summed E-state index contributed by atoms with van der Waals surface area (Å²) < 4.78 is 0. The summed E-state index contributed by atoms with van der Waals surface area (Å²) in [4.78, 5) is 24.5. The topological polar surface area (TPSA) is 138 Å². The molecule has 0 aromatic heterocycles. The number of hydrogen-bond donors (Lipinski definition) is 4. The molecule has 0 atom stereocenters. The van der Waals surface area contributed by atoms with Crippen molar-refractivity contribution in [1.29, 1.82) is 0 Å². The Bertz CT molecular complexity index is 2000. The fraction of sp³-hybridized carbons (Fsp3) is 0.0500. The molecule has 0 heterocycles. The summed E-state index contributed by atoms with van der Waals surface area (Å²) in [6.07, 6.45) is 0.943. The second-order valence-electron chi connectivity index (χ2n) is 11.8. The molecule has 8 N–H and O–H groups in total. The van der Waals surface area contributed by atoms with E-state index in [4.69, 9.17) is 22.9 Å². The van der Waals surface area contributed by atoms with E-state index in [0.717, 1.165) is 17.8 Å². The first kappa shape index (κ1) is 28.6. The van der Waals surface area contributed by atoms with Crippen molar-refractivity contribution in [1.82, 2.24) is 0 Å². The third-order valence-electron chi connectivity index (χ3n) is 8.98. The number of ketones is 2. The third-order valence-corrected chi connectivity index (χ3v) is 8.98. The molecule has 0 unspecified atom stereocenters. The summed E-state index contributed by atoms with van der Waals surface area (Å²) in [6.45, 7) is 0. The lowest BCUT2D eigenvalue weighted by Gasteiger charge is -2.42. The van der Waals surface area contributed by atoms with Gasteiger partial charge in [0.2, 0.25) is 0 Å². The second kappa shape index (κ2) is 11.1. The van der Waals surface area contributed by atoms with Gasteiger partial charge in [0.15, 0.2) is 11.6 Å². The molecule has 2 aliphatic carbocycles. The molecular weight excluding hydrogens is 568 g/mol. The highest BCUT2D eigenvalue weighted by molar-refractivity contribution is 6.28. The molecule has 0 radical (unpaired) electrons. The summed E-state index contributed by atoms with van der Waals surface area (Å²) in [7, 11) is 0. The van der Waals surface area contributed by atoms with Crippen molar-refractivity contribution >= 4 is 34.3 Å². The van der Waals surface area contributed by atoms with E-state index in [1.807, 2.05) is 24.3 Å². The second-order valence-corrected chi connectivity index (χ2v) is 11.8. The van der Waals surface area contributed by atoms with Crippen molar-refractivity contribution in [3.63, 3.8) is 0 Å². The van der Waals surface area contributed by atoms with Gasteiger partial charge in [0.25, 0.3) is 0 Å². The standard InChI is InChI=1S/C26H22N2.C14H10N2O2/c27-22-13-9-20(10-14-22)26(21-11-15-23(28)16-12-21)24-7-3-1-5-18(24)17-19-6-2-4-8-25(19)26;15-7-1-3-9-11(5-7)14(18)10-4-2-8(16)6-12(10)13(9)17/h1-16H,17,27-28H2;1-6H,15-16H2. The summed E-state index contributed by atoms with van der Waals surface area (Å²) in [5, 5.41) is 0. The minimum absolute atomic E-state index is 0.188.